The van der Waals surface area contributed by atoms with Crippen molar-refractivity contribution in [3.8, 4) is 0 Å². The first-order valence-electron chi connectivity index (χ1n) is 8.25. The van der Waals surface area contributed by atoms with Crippen LogP contribution in [0.5, 0.6) is 0 Å². The van der Waals surface area contributed by atoms with E-state index in [1.807, 2.05) is 38.1 Å². The van der Waals surface area contributed by atoms with E-state index in [-0.39, 0.29) is 18.0 Å². The summed E-state index contributed by atoms with van der Waals surface area (Å²) in [6.45, 7) is 6.09. The fraction of sp³-hybridized carbons (Fsp3) is 0.647. The highest BCUT2D eigenvalue weighted by atomic mass is 32.2. The van der Waals surface area contributed by atoms with Crippen LogP contribution in [0, 0.1) is 12.8 Å². The summed E-state index contributed by atoms with van der Waals surface area (Å²) in [5.74, 6) is 0.432. The maximum absolute atomic E-state index is 12.8. The van der Waals surface area contributed by atoms with Crippen molar-refractivity contribution < 1.29 is 17.9 Å². The monoisotopic (exact) mass is 339 g/mol. The molecule has 3 atom stereocenters. The molecule has 1 aromatic rings. The standard InChI is InChI=1S/C17H25NO4S/c1-3-18(9-14-7-5-4-6-13(14)2)23(19,20)12-16-8-15-10-21-11-17(15)22-16/h4-7,15-17H,3,8-12H2,1-2H3/t15-,16?,17+/m1/s1. The number of sulfonamides is 1. The summed E-state index contributed by atoms with van der Waals surface area (Å²) in [7, 11) is -3.33. The summed E-state index contributed by atoms with van der Waals surface area (Å²) >= 11 is 0. The highest BCUT2D eigenvalue weighted by molar-refractivity contribution is 7.89. The van der Waals surface area contributed by atoms with Gasteiger partial charge in [0.15, 0.2) is 0 Å². The number of aryl methyl sites for hydroxylation is 1. The third-order valence-corrected chi connectivity index (χ3v) is 6.79. The van der Waals surface area contributed by atoms with Crippen molar-refractivity contribution in [1.82, 2.24) is 4.31 Å². The Balaban J connectivity index is 1.66. The van der Waals surface area contributed by atoms with Gasteiger partial charge in [-0.05, 0) is 24.5 Å². The Morgan fingerprint density at radius 3 is 2.74 bits per heavy atom. The Labute approximate surface area is 138 Å². The highest BCUT2D eigenvalue weighted by Gasteiger charge is 2.41. The molecule has 0 radical (unpaired) electrons. The van der Waals surface area contributed by atoms with E-state index < -0.39 is 10.0 Å². The Bertz CT molecular complexity index is 634. The summed E-state index contributed by atoms with van der Waals surface area (Å²) in [4.78, 5) is 0. The number of rotatable bonds is 6. The lowest BCUT2D eigenvalue weighted by Gasteiger charge is -2.23. The average Bonchev–Trinajstić information content (AvgIpc) is 3.06. The number of benzene rings is 1. The molecule has 2 heterocycles. The quantitative estimate of drug-likeness (QED) is 0.795. The molecule has 1 aromatic carbocycles. The molecule has 0 spiro atoms. The third-order valence-electron chi connectivity index (χ3n) is 4.82. The third kappa shape index (κ3) is 3.76. The Morgan fingerprint density at radius 2 is 2.04 bits per heavy atom. The molecule has 3 rings (SSSR count). The van der Waals surface area contributed by atoms with Gasteiger partial charge in [-0.1, -0.05) is 31.2 Å². The lowest BCUT2D eigenvalue weighted by atomic mass is 10.0. The predicted octanol–water partition coefficient (Wildman–Crippen LogP) is 1.95. The van der Waals surface area contributed by atoms with Crippen LogP contribution in [0.25, 0.3) is 0 Å². The van der Waals surface area contributed by atoms with Crippen molar-refractivity contribution in [2.75, 3.05) is 25.5 Å². The van der Waals surface area contributed by atoms with Crippen molar-refractivity contribution in [3.05, 3.63) is 35.4 Å². The largest absolute Gasteiger partial charge is 0.378 e. The summed E-state index contributed by atoms with van der Waals surface area (Å²) in [5, 5.41) is 0. The van der Waals surface area contributed by atoms with Gasteiger partial charge in [0.25, 0.3) is 0 Å². The van der Waals surface area contributed by atoms with Crippen molar-refractivity contribution in [3.63, 3.8) is 0 Å². The van der Waals surface area contributed by atoms with Gasteiger partial charge in [-0.25, -0.2) is 8.42 Å². The van der Waals surface area contributed by atoms with Crippen LogP contribution in [-0.2, 0) is 26.0 Å². The van der Waals surface area contributed by atoms with Gasteiger partial charge in [-0.3, -0.25) is 0 Å². The second-order valence-electron chi connectivity index (χ2n) is 6.46. The van der Waals surface area contributed by atoms with Crippen LogP contribution in [0.4, 0.5) is 0 Å². The van der Waals surface area contributed by atoms with E-state index in [9.17, 15) is 8.42 Å². The van der Waals surface area contributed by atoms with Crippen molar-refractivity contribution >= 4 is 10.0 Å². The molecular weight excluding hydrogens is 314 g/mol. The SMILES string of the molecule is CCN(Cc1ccccc1C)S(=O)(=O)CC1C[C@@H]2COC[C@@H]2O1. The van der Waals surface area contributed by atoms with Crippen LogP contribution in [0.15, 0.2) is 24.3 Å². The van der Waals surface area contributed by atoms with Crippen molar-refractivity contribution in [1.29, 1.82) is 0 Å². The molecule has 128 valence electrons. The Kier molecular flexibility index (Phi) is 5.06. The first-order chi connectivity index (χ1) is 11.0. The lowest BCUT2D eigenvalue weighted by Crippen LogP contribution is -2.36. The average molecular weight is 339 g/mol. The van der Waals surface area contributed by atoms with Gasteiger partial charge in [0.2, 0.25) is 10.0 Å². The summed E-state index contributed by atoms with van der Waals surface area (Å²) in [6.07, 6.45) is 0.665. The normalized spacial score (nSPS) is 27.5. The van der Waals surface area contributed by atoms with Crippen LogP contribution in [-0.4, -0.2) is 50.4 Å². The molecule has 23 heavy (non-hydrogen) atoms. The van der Waals surface area contributed by atoms with Gasteiger partial charge >= 0.3 is 0 Å². The summed E-state index contributed by atoms with van der Waals surface area (Å²) < 4.78 is 38.3. The minimum absolute atomic E-state index is 0.0692. The maximum atomic E-state index is 12.8. The van der Waals surface area contributed by atoms with Gasteiger partial charge < -0.3 is 9.47 Å². The van der Waals surface area contributed by atoms with Gasteiger partial charge in [0, 0.05) is 19.0 Å². The molecule has 1 unspecified atom stereocenters. The fourth-order valence-electron chi connectivity index (χ4n) is 3.42. The van der Waals surface area contributed by atoms with Gasteiger partial charge in [-0.15, -0.1) is 0 Å². The molecule has 6 heteroatoms. The number of hydrogen-bond acceptors (Lipinski definition) is 4. The zero-order valence-electron chi connectivity index (χ0n) is 13.8. The molecule has 5 nitrogen and oxygen atoms in total. The predicted molar refractivity (Wildman–Crippen MR) is 88.6 cm³/mol. The van der Waals surface area contributed by atoms with E-state index >= 15 is 0 Å². The molecule has 2 aliphatic heterocycles. The molecule has 2 aliphatic rings. The van der Waals surface area contributed by atoms with E-state index in [1.54, 1.807) is 4.31 Å². The number of nitrogens with zero attached hydrogens (tertiary/aromatic N) is 1. The van der Waals surface area contributed by atoms with Crippen LogP contribution < -0.4 is 0 Å². The van der Waals surface area contributed by atoms with Crippen molar-refractivity contribution in [2.45, 2.75) is 39.0 Å². The van der Waals surface area contributed by atoms with E-state index in [4.69, 9.17) is 9.47 Å². The molecule has 0 aromatic heterocycles. The zero-order valence-corrected chi connectivity index (χ0v) is 14.6. The van der Waals surface area contributed by atoms with Crippen LogP contribution in [0.3, 0.4) is 0 Å². The first-order valence-corrected chi connectivity index (χ1v) is 9.86. The van der Waals surface area contributed by atoms with E-state index in [2.05, 4.69) is 0 Å². The molecule has 0 N–H and O–H groups in total. The van der Waals surface area contributed by atoms with E-state index in [0.29, 0.717) is 32.2 Å². The second kappa shape index (κ2) is 6.89. The fourth-order valence-corrected chi connectivity index (χ4v) is 5.05. The molecule has 0 aliphatic carbocycles. The lowest BCUT2D eigenvalue weighted by molar-refractivity contribution is 0.0295. The van der Waals surface area contributed by atoms with Gasteiger partial charge in [0.1, 0.15) is 0 Å². The Morgan fingerprint density at radius 1 is 1.26 bits per heavy atom. The molecule has 0 amide bonds. The van der Waals surface area contributed by atoms with Crippen LogP contribution >= 0.6 is 0 Å². The second-order valence-corrected chi connectivity index (χ2v) is 8.47. The molecule has 0 bridgehead atoms. The first kappa shape index (κ1) is 16.9. The maximum Gasteiger partial charge on any atom is 0.216 e. The van der Waals surface area contributed by atoms with Gasteiger partial charge in [0.05, 0.1) is 31.2 Å². The number of hydrogen-bond donors (Lipinski definition) is 0. The molecule has 2 fully saturated rings. The summed E-state index contributed by atoms with van der Waals surface area (Å²) in [6, 6.07) is 7.92. The molecule has 2 saturated heterocycles. The molecular formula is C17H25NO4S. The number of ether oxygens (including phenoxy) is 2. The molecule has 0 saturated carbocycles. The minimum atomic E-state index is -3.33. The zero-order chi connectivity index (χ0) is 16.4. The summed E-state index contributed by atoms with van der Waals surface area (Å²) in [5.41, 5.74) is 2.17. The van der Waals surface area contributed by atoms with Crippen molar-refractivity contribution in [2.24, 2.45) is 5.92 Å². The van der Waals surface area contributed by atoms with E-state index in [1.165, 1.54) is 0 Å². The van der Waals surface area contributed by atoms with E-state index in [0.717, 1.165) is 17.5 Å². The topological polar surface area (TPSA) is 55.8 Å². The highest BCUT2D eigenvalue weighted by Crippen LogP contribution is 2.32. The van der Waals surface area contributed by atoms with Crippen LogP contribution in [0.1, 0.15) is 24.5 Å². The smallest absolute Gasteiger partial charge is 0.216 e. The van der Waals surface area contributed by atoms with Gasteiger partial charge in [-0.2, -0.15) is 4.31 Å². The Hall–Kier alpha value is -0.950. The van der Waals surface area contributed by atoms with Crippen LogP contribution in [0.2, 0.25) is 0 Å². The minimum Gasteiger partial charge on any atom is -0.378 e. The number of fused-ring (bicyclic) bond motifs is 1.